The number of ether oxygens (including phenoxy) is 1. The molecule has 2 atom stereocenters. The van der Waals surface area contributed by atoms with Crippen LogP contribution in [0.4, 0.5) is 5.95 Å². The summed E-state index contributed by atoms with van der Waals surface area (Å²) in [6.07, 6.45) is 5.90. The number of anilines is 1. The number of aryl methyl sites for hydroxylation is 1. The summed E-state index contributed by atoms with van der Waals surface area (Å²) in [5.41, 5.74) is 2.29. The van der Waals surface area contributed by atoms with Crippen molar-refractivity contribution in [3.05, 3.63) is 17.5 Å². The minimum atomic E-state index is 0.243. The largest absolute Gasteiger partial charge is 0.375 e. The van der Waals surface area contributed by atoms with Gasteiger partial charge < -0.3 is 15.0 Å². The highest BCUT2D eigenvalue weighted by molar-refractivity contribution is 5.35. The Bertz CT molecular complexity index is 489. The molecule has 2 heterocycles. The molecule has 0 bridgehead atoms. The summed E-state index contributed by atoms with van der Waals surface area (Å²) in [7, 11) is 0. The predicted molar refractivity (Wildman–Crippen MR) is 83.5 cm³/mol. The minimum absolute atomic E-state index is 0.243. The molecular weight excluding hydrogens is 264 g/mol. The van der Waals surface area contributed by atoms with Gasteiger partial charge in [0.25, 0.3) is 0 Å². The van der Waals surface area contributed by atoms with E-state index < -0.39 is 0 Å². The first-order valence-electron chi connectivity index (χ1n) is 8.11. The molecule has 1 N–H and O–H groups in total. The smallest absolute Gasteiger partial charge is 0.225 e. The Morgan fingerprint density at radius 2 is 2.24 bits per heavy atom. The molecule has 1 saturated heterocycles. The van der Waals surface area contributed by atoms with Gasteiger partial charge in [0.2, 0.25) is 5.95 Å². The summed E-state index contributed by atoms with van der Waals surface area (Å²) in [6.45, 7) is 8.91. The normalized spacial score (nSPS) is 26.1. The third-order valence-electron chi connectivity index (χ3n) is 4.42. The lowest BCUT2D eigenvalue weighted by Gasteiger charge is -2.38. The van der Waals surface area contributed by atoms with E-state index in [4.69, 9.17) is 9.72 Å². The lowest BCUT2D eigenvalue weighted by Crippen LogP contribution is -2.49. The lowest BCUT2D eigenvalue weighted by molar-refractivity contribution is 0.0292. The van der Waals surface area contributed by atoms with Gasteiger partial charge in [-0.3, -0.25) is 0 Å². The van der Waals surface area contributed by atoms with Crippen LogP contribution in [0.1, 0.15) is 44.4 Å². The zero-order valence-electron chi connectivity index (χ0n) is 13.3. The van der Waals surface area contributed by atoms with Crippen LogP contribution in [0, 0.1) is 6.92 Å². The fraction of sp³-hybridized carbons (Fsp3) is 0.750. The summed E-state index contributed by atoms with van der Waals surface area (Å²) in [6, 6.07) is 1.10. The Hall–Kier alpha value is -1.20. The van der Waals surface area contributed by atoms with Crippen molar-refractivity contribution in [1.29, 1.82) is 0 Å². The molecule has 1 aliphatic carbocycles. The number of nitrogens with zero attached hydrogens (tertiary/aromatic N) is 3. The van der Waals surface area contributed by atoms with Gasteiger partial charge in [-0.2, -0.15) is 0 Å². The van der Waals surface area contributed by atoms with E-state index in [0.29, 0.717) is 12.1 Å². The number of nitrogens with one attached hydrogen (secondary N) is 1. The third kappa shape index (κ3) is 3.52. The molecule has 1 aromatic rings. The van der Waals surface area contributed by atoms with E-state index in [0.717, 1.165) is 37.8 Å². The number of hydrogen-bond acceptors (Lipinski definition) is 5. The van der Waals surface area contributed by atoms with Crippen molar-refractivity contribution in [1.82, 2.24) is 15.3 Å². The summed E-state index contributed by atoms with van der Waals surface area (Å²) >= 11 is 0. The lowest BCUT2D eigenvalue weighted by atomic mass is 10.1. The van der Waals surface area contributed by atoms with Crippen molar-refractivity contribution in [2.24, 2.45) is 0 Å². The van der Waals surface area contributed by atoms with Gasteiger partial charge in [-0.05, 0) is 33.1 Å². The molecule has 0 aromatic carbocycles. The molecule has 5 nitrogen and oxygen atoms in total. The average Bonchev–Trinajstić information content (AvgIpc) is 3.30. The molecular formula is C16H26N4O. The first kappa shape index (κ1) is 14.7. The topological polar surface area (TPSA) is 50.3 Å². The number of morpholine rings is 1. The maximum atomic E-state index is 5.75. The summed E-state index contributed by atoms with van der Waals surface area (Å²) < 4.78 is 5.75. The van der Waals surface area contributed by atoms with E-state index >= 15 is 0 Å². The Kier molecular flexibility index (Phi) is 4.40. The van der Waals surface area contributed by atoms with Crippen molar-refractivity contribution >= 4 is 5.95 Å². The van der Waals surface area contributed by atoms with Gasteiger partial charge >= 0.3 is 0 Å². The molecule has 1 aromatic heterocycles. The SMILES string of the molecule is CCC1COC(C)CN1c1ncc(CNC2CC2)c(C)n1. The molecule has 5 heteroatoms. The van der Waals surface area contributed by atoms with E-state index in [1.807, 2.05) is 6.20 Å². The summed E-state index contributed by atoms with van der Waals surface area (Å²) in [5, 5.41) is 3.53. The number of hydrogen-bond donors (Lipinski definition) is 1. The first-order chi connectivity index (χ1) is 10.2. The zero-order chi connectivity index (χ0) is 14.8. The second-order valence-electron chi connectivity index (χ2n) is 6.29. The quantitative estimate of drug-likeness (QED) is 0.899. The second kappa shape index (κ2) is 6.28. The maximum Gasteiger partial charge on any atom is 0.225 e. The molecule has 1 aliphatic heterocycles. The zero-order valence-corrected chi connectivity index (χ0v) is 13.3. The van der Waals surface area contributed by atoms with E-state index in [2.05, 4.69) is 36.0 Å². The van der Waals surface area contributed by atoms with E-state index in [1.54, 1.807) is 0 Å². The van der Waals surface area contributed by atoms with Crippen LogP contribution in [0.2, 0.25) is 0 Å². The maximum absolute atomic E-state index is 5.75. The van der Waals surface area contributed by atoms with Crippen molar-refractivity contribution in [3.8, 4) is 0 Å². The standard InChI is InChI=1S/C16H26N4O/c1-4-15-10-21-11(2)9-20(15)16-18-8-13(12(3)19-16)7-17-14-5-6-14/h8,11,14-15,17H,4-7,9-10H2,1-3H3. The summed E-state index contributed by atoms with van der Waals surface area (Å²) in [4.78, 5) is 11.7. The van der Waals surface area contributed by atoms with E-state index in [-0.39, 0.29) is 6.10 Å². The van der Waals surface area contributed by atoms with Gasteiger partial charge in [0, 0.05) is 36.6 Å². The fourth-order valence-corrected chi connectivity index (χ4v) is 2.76. The number of aromatic nitrogens is 2. The van der Waals surface area contributed by atoms with Crippen LogP contribution in [0.25, 0.3) is 0 Å². The highest BCUT2D eigenvalue weighted by atomic mass is 16.5. The molecule has 21 heavy (non-hydrogen) atoms. The van der Waals surface area contributed by atoms with Crippen LogP contribution in [0.5, 0.6) is 0 Å². The van der Waals surface area contributed by atoms with Gasteiger partial charge in [-0.15, -0.1) is 0 Å². The third-order valence-corrected chi connectivity index (χ3v) is 4.42. The van der Waals surface area contributed by atoms with E-state index in [9.17, 15) is 0 Å². The van der Waals surface area contributed by atoms with Crippen LogP contribution in [0.15, 0.2) is 6.20 Å². The molecule has 116 valence electrons. The van der Waals surface area contributed by atoms with Crippen LogP contribution in [0.3, 0.4) is 0 Å². The molecule has 2 fully saturated rings. The van der Waals surface area contributed by atoms with Crippen molar-refractivity contribution in [2.45, 2.75) is 64.8 Å². The summed E-state index contributed by atoms with van der Waals surface area (Å²) in [5.74, 6) is 0.852. The Morgan fingerprint density at radius 1 is 1.43 bits per heavy atom. The van der Waals surface area contributed by atoms with Crippen molar-refractivity contribution in [3.63, 3.8) is 0 Å². The highest BCUT2D eigenvalue weighted by Crippen LogP contribution is 2.22. The van der Waals surface area contributed by atoms with Gasteiger partial charge in [0.05, 0.1) is 18.8 Å². The second-order valence-corrected chi connectivity index (χ2v) is 6.29. The van der Waals surface area contributed by atoms with Gasteiger partial charge in [0.15, 0.2) is 0 Å². The minimum Gasteiger partial charge on any atom is -0.375 e. The Labute approximate surface area is 127 Å². The van der Waals surface area contributed by atoms with Gasteiger partial charge in [-0.25, -0.2) is 9.97 Å². The molecule has 2 unspecified atom stereocenters. The van der Waals surface area contributed by atoms with Crippen LogP contribution in [-0.2, 0) is 11.3 Å². The molecule has 2 aliphatic rings. The molecule has 0 amide bonds. The first-order valence-corrected chi connectivity index (χ1v) is 8.11. The number of rotatable bonds is 5. The monoisotopic (exact) mass is 290 g/mol. The van der Waals surface area contributed by atoms with Crippen molar-refractivity contribution in [2.75, 3.05) is 18.1 Å². The average molecular weight is 290 g/mol. The van der Waals surface area contributed by atoms with Crippen molar-refractivity contribution < 1.29 is 4.74 Å². The van der Waals surface area contributed by atoms with Crippen LogP contribution < -0.4 is 10.2 Å². The fourth-order valence-electron chi connectivity index (χ4n) is 2.76. The van der Waals surface area contributed by atoms with Crippen LogP contribution in [-0.4, -0.2) is 41.3 Å². The van der Waals surface area contributed by atoms with Gasteiger partial charge in [0.1, 0.15) is 0 Å². The molecule has 1 saturated carbocycles. The molecule has 3 rings (SSSR count). The Morgan fingerprint density at radius 3 is 2.90 bits per heavy atom. The molecule has 0 spiro atoms. The molecule has 0 radical (unpaired) electrons. The predicted octanol–water partition coefficient (Wildman–Crippen LogP) is 2.04. The van der Waals surface area contributed by atoms with E-state index in [1.165, 1.54) is 18.4 Å². The Balaban J connectivity index is 1.72. The van der Waals surface area contributed by atoms with Crippen LogP contribution >= 0.6 is 0 Å². The highest BCUT2D eigenvalue weighted by Gasteiger charge is 2.28. The van der Waals surface area contributed by atoms with Gasteiger partial charge in [-0.1, -0.05) is 6.92 Å².